The van der Waals surface area contributed by atoms with Gasteiger partial charge in [0.2, 0.25) is 11.4 Å². The van der Waals surface area contributed by atoms with Crippen molar-refractivity contribution in [3.8, 4) is 34.5 Å². The highest BCUT2D eigenvalue weighted by Crippen LogP contribution is 2.47. The Kier molecular flexibility index (Phi) is 9.72. The molecule has 0 saturated heterocycles. The molecule has 0 spiro atoms. The molecule has 0 radical (unpaired) electrons. The Morgan fingerprint density at radius 2 is 1.26 bits per heavy atom. The van der Waals surface area contributed by atoms with E-state index in [1.165, 1.54) is 16.7 Å². The van der Waals surface area contributed by atoms with Crippen LogP contribution in [0.25, 0.3) is 60.7 Å². The molecule has 0 atom stereocenters. The van der Waals surface area contributed by atoms with Crippen LogP contribution < -0.4 is 13.9 Å². The van der Waals surface area contributed by atoms with Crippen molar-refractivity contribution in [2.24, 2.45) is 0 Å². The molecule has 1 aliphatic rings. The average Bonchev–Trinajstić information content (AvgIpc) is 4.00. The Balaban J connectivity index is 1.07. The molecular weight excluding hydrogens is 835 g/mol. The van der Waals surface area contributed by atoms with Crippen molar-refractivity contribution in [2.75, 3.05) is 0 Å². The van der Waals surface area contributed by atoms with Gasteiger partial charge in [0, 0.05) is 63.6 Å². The van der Waals surface area contributed by atoms with Crippen molar-refractivity contribution in [1.29, 1.82) is 5.26 Å². The Morgan fingerprint density at radius 1 is 0.559 bits per heavy atom. The second kappa shape index (κ2) is 15.5. The van der Waals surface area contributed by atoms with Crippen LogP contribution in [-0.2, 0) is 16.2 Å². The summed E-state index contributed by atoms with van der Waals surface area (Å²) in [6.45, 7) is 20.3. The molecule has 11 rings (SSSR count). The maximum absolute atomic E-state index is 9.86. The van der Waals surface area contributed by atoms with E-state index in [1.54, 1.807) is 0 Å². The molecule has 7 heteroatoms. The lowest BCUT2D eigenvalue weighted by atomic mass is 9.80. The predicted molar refractivity (Wildman–Crippen MR) is 279 cm³/mol. The zero-order valence-corrected chi connectivity index (χ0v) is 40.1. The van der Waals surface area contributed by atoms with E-state index in [2.05, 4.69) is 191 Å². The summed E-state index contributed by atoms with van der Waals surface area (Å²) in [6, 6.07) is 58.8. The number of benzene rings is 7. The van der Waals surface area contributed by atoms with Crippen molar-refractivity contribution in [3.05, 3.63) is 180 Å². The number of fused-ring (bicyclic) bond motifs is 7. The first-order chi connectivity index (χ1) is 32.5. The van der Waals surface area contributed by atoms with Crippen LogP contribution in [0.2, 0.25) is 0 Å². The molecule has 4 heterocycles. The molecule has 68 heavy (non-hydrogen) atoms. The Bertz CT molecular complexity index is 3800. The summed E-state index contributed by atoms with van der Waals surface area (Å²) in [5.74, 6) is 2.17. The van der Waals surface area contributed by atoms with Gasteiger partial charge in [0.25, 0.3) is 5.69 Å². The van der Waals surface area contributed by atoms with E-state index in [4.69, 9.17) is 14.1 Å². The summed E-state index contributed by atoms with van der Waals surface area (Å²) in [7, 11) is 0. The lowest BCUT2D eigenvalue weighted by Gasteiger charge is -2.24. The van der Waals surface area contributed by atoms with Gasteiger partial charge < -0.3 is 9.15 Å². The fourth-order valence-corrected chi connectivity index (χ4v) is 9.53. The van der Waals surface area contributed by atoms with Crippen LogP contribution in [0, 0.1) is 11.3 Å². The van der Waals surface area contributed by atoms with E-state index < -0.39 is 0 Å². The predicted octanol–water partition coefficient (Wildman–Crippen LogP) is 16.2. The largest absolute Gasteiger partial charge is 0.503 e. The summed E-state index contributed by atoms with van der Waals surface area (Å²) >= 11 is 0. The highest BCUT2D eigenvalue weighted by atomic mass is 16.5. The molecule has 7 aromatic carbocycles. The minimum absolute atomic E-state index is 0.0680. The third kappa shape index (κ3) is 7.26. The first kappa shape index (κ1) is 42.6. The van der Waals surface area contributed by atoms with Gasteiger partial charge in [0.15, 0.2) is 0 Å². The molecule has 0 amide bonds. The molecule has 0 aliphatic carbocycles. The van der Waals surface area contributed by atoms with E-state index in [1.807, 2.05) is 54.7 Å². The molecule has 0 N–H and O–H groups in total. The van der Waals surface area contributed by atoms with Crippen molar-refractivity contribution in [2.45, 2.75) is 78.6 Å². The summed E-state index contributed by atoms with van der Waals surface area (Å²) in [5, 5.41) is 14.0. The highest BCUT2D eigenvalue weighted by molar-refractivity contribution is 6.12. The SMILES string of the molecule is CC(C)(C)c1cc([N+]2=C=[N+](c3cccc(Oc4ccc5c6cc(C#N)ccc6n(-c6cc(C(C)(C)C)ccn6)c5c4)c3)c3cccc(-c4cccc5c4oc4ccccc45)c32)cc(C(C)(C)C)c1. The zero-order chi connectivity index (χ0) is 47.3. The average molecular weight is 888 g/mol. The summed E-state index contributed by atoms with van der Waals surface area (Å²) < 4.78 is 20.0. The number of pyridine rings is 1. The summed E-state index contributed by atoms with van der Waals surface area (Å²) in [5.41, 5.74) is 13.7. The van der Waals surface area contributed by atoms with Gasteiger partial charge >= 0.3 is 11.7 Å². The normalized spacial score (nSPS) is 13.0. The number of para-hydroxylation sites is 3. The molecule has 3 aromatic heterocycles. The second-order valence-corrected chi connectivity index (χ2v) is 21.1. The van der Waals surface area contributed by atoms with Crippen LogP contribution in [-0.4, -0.2) is 15.6 Å². The van der Waals surface area contributed by atoms with Gasteiger partial charge in [0.05, 0.1) is 34.3 Å². The number of nitrogens with zero attached hydrogens (tertiary/aromatic N) is 5. The quantitative estimate of drug-likeness (QED) is 0.156. The van der Waals surface area contributed by atoms with Crippen LogP contribution in [0.15, 0.2) is 162 Å². The van der Waals surface area contributed by atoms with Gasteiger partial charge in [-0.1, -0.05) is 117 Å². The van der Waals surface area contributed by atoms with Crippen molar-refractivity contribution in [1.82, 2.24) is 18.7 Å². The van der Waals surface area contributed by atoms with Gasteiger partial charge in [-0.2, -0.15) is 5.26 Å². The molecule has 0 saturated carbocycles. The molecular formula is C61H53N5O2+2. The van der Waals surface area contributed by atoms with Crippen molar-refractivity contribution in [3.63, 3.8) is 0 Å². The maximum atomic E-state index is 9.86. The van der Waals surface area contributed by atoms with Crippen LogP contribution in [0.5, 0.6) is 11.5 Å². The molecule has 7 nitrogen and oxygen atoms in total. The third-order valence-electron chi connectivity index (χ3n) is 13.3. The van der Waals surface area contributed by atoms with Crippen LogP contribution in [0.3, 0.4) is 0 Å². The standard InChI is InChI=1S/C61H53N5O2/c1-59(2,3)39-27-28-63-56(33-39)66-52-26-23-38(36-62)29-51(52)46-25-24-45(35-54(46)66)67-44-16-12-15-42(34-44)64-37-65(43-31-40(60(4,5)6)30-41(32-43)61(7,8)9)57-48(18-14-21-53(57)64)50-20-13-19-49-47-17-10-11-22-55(47)68-58(49)50/h10-35H,1-9H3/q+2. The van der Waals surface area contributed by atoms with Crippen LogP contribution in [0.4, 0.5) is 22.7 Å². The smallest absolute Gasteiger partial charge is 0.457 e. The van der Waals surface area contributed by atoms with Gasteiger partial charge in [-0.15, -0.1) is 0 Å². The first-order valence-electron chi connectivity index (χ1n) is 23.3. The van der Waals surface area contributed by atoms with Crippen molar-refractivity contribution < 1.29 is 9.15 Å². The van der Waals surface area contributed by atoms with Crippen LogP contribution in [0.1, 0.15) is 84.6 Å². The van der Waals surface area contributed by atoms with Crippen LogP contribution >= 0.6 is 0 Å². The fourth-order valence-electron chi connectivity index (χ4n) is 9.53. The lowest BCUT2D eigenvalue weighted by molar-refractivity contribution is 0.483. The molecule has 0 fully saturated rings. The first-order valence-corrected chi connectivity index (χ1v) is 23.3. The van der Waals surface area contributed by atoms with E-state index in [-0.39, 0.29) is 16.2 Å². The minimum atomic E-state index is -0.0900. The maximum Gasteiger partial charge on any atom is 0.503 e. The van der Waals surface area contributed by atoms with Gasteiger partial charge in [-0.25, -0.2) is 4.98 Å². The van der Waals surface area contributed by atoms with Gasteiger partial charge in [-0.05, 0) is 103 Å². The van der Waals surface area contributed by atoms with Gasteiger partial charge in [0.1, 0.15) is 28.5 Å². The summed E-state index contributed by atoms with van der Waals surface area (Å²) in [4.78, 5) is 4.87. The number of hydrogen-bond acceptors (Lipinski definition) is 4. The fraction of sp³-hybridized carbons (Fsp3) is 0.197. The highest BCUT2D eigenvalue weighted by Gasteiger charge is 2.41. The Morgan fingerprint density at radius 3 is 2.03 bits per heavy atom. The zero-order valence-electron chi connectivity index (χ0n) is 40.1. The number of rotatable bonds is 6. The molecule has 332 valence electrons. The molecule has 0 unspecified atom stereocenters. The summed E-state index contributed by atoms with van der Waals surface area (Å²) in [6.07, 6.45) is 1.88. The number of aromatic nitrogens is 2. The number of furan rings is 1. The number of hydrogen-bond donors (Lipinski definition) is 0. The molecule has 1 aliphatic heterocycles. The Hall–Kier alpha value is -8.04. The Labute approximate surface area is 397 Å². The van der Waals surface area contributed by atoms with E-state index >= 15 is 0 Å². The topological polar surface area (TPSA) is 70.0 Å². The van der Waals surface area contributed by atoms with E-state index in [9.17, 15) is 5.26 Å². The monoisotopic (exact) mass is 887 g/mol. The second-order valence-electron chi connectivity index (χ2n) is 21.1. The van der Waals surface area contributed by atoms with Gasteiger partial charge in [-0.3, -0.25) is 4.57 Å². The lowest BCUT2D eigenvalue weighted by Crippen LogP contribution is -2.17. The number of ether oxygens (including phenoxy) is 1. The number of nitriles is 1. The van der Waals surface area contributed by atoms with E-state index in [0.29, 0.717) is 17.1 Å². The van der Waals surface area contributed by atoms with Crippen molar-refractivity contribution >= 4 is 72.5 Å². The molecule has 0 bridgehead atoms. The third-order valence-corrected chi connectivity index (χ3v) is 13.3. The minimum Gasteiger partial charge on any atom is -0.457 e. The van der Waals surface area contributed by atoms with E-state index in [0.717, 1.165) is 83.4 Å². The molecule has 10 aromatic rings.